The van der Waals surface area contributed by atoms with Crippen LogP contribution in [-0.2, 0) is 11.2 Å². The molecule has 0 aliphatic rings. The lowest BCUT2D eigenvalue weighted by molar-refractivity contribution is -0.121. The number of halogens is 1. The Hall–Kier alpha value is -2.56. The number of rotatable bonds is 9. The molecule has 4 nitrogen and oxygen atoms in total. The lowest BCUT2D eigenvalue weighted by Crippen LogP contribution is -2.33. The summed E-state index contributed by atoms with van der Waals surface area (Å²) in [6.45, 7) is 8.97. The summed E-state index contributed by atoms with van der Waals surface area (Å²) in [6.07, 6.45) is 0.00520. The van der Waals surface area contributed by atoms with Gasteiger partial charge in [0.15, 0.2) is 11.5 Å². The first kappa shape index (κ1) is 20.7. The molecule has 0 aliphatic heterocycles. The summed E-state index contributed by atoms with van der Waals surface area (Å²) < 4.78 is 25.1. The van der Waals surface area contributed by atoms with E-state index in [0.29, 0.717) is 30.3 Å². The fraction of sp³-hybridized carbons (Fsp3) is 0.409. The van der Waals surface area contributed by atoms with Crippen LogP contribution in [0.15, 0.2) is 42.5 Å². The summed E-state index contributed by atoms with van der Waals surface area (Å²) in [5.74, 6) is 0.912. The first-order valence-corrected chi connectivity index (χ1v) is 9.38. The number of hydrogen-bond acceptors (Lipinski definition) is 3. The average molecular weight is 373 g/mol. The van der Waals surface area contributed by atoms with Crippen LogP contribution in [0, 0.1) is 11.7 Å². The van der Waals surface area contributed by atoms with Gasteiger partial charge in [0.05, 0.1) is 25.7 Å². The van der Waals surface area contributed by atoms with Crippen LogP contribution in [0.3, 0.4) is 0 Å². The smallest absolute Gasteiger partial charge is 0.225 e. The first-order valence-electron chi connectivity index (χ1n) is 9.38. The zero-order valence-corrected chi connectivity index (χ0v) is 16.4. The van der Waals surface area contributed by atoms with Crippen LogP contribution >= 0.6 is 0 Å². The molecule has 5 heteroatoms. The highest BCUT2D eigenvalue weighted by molar-refractivity contribution is 5.79. The summed E-state index contributed by atoms with van der Waals surface area (Å²) >= 11 is 0. The van der Waals surface area contributed by atoms with Crippen LogP contribution in [-0.4, -0.2) is 19.1 Å². The van der Waals surface area contributed by atoms with Gasteiger partial charge in [0.1, 0.15) is 5.82 Å². The SMILES string of the molecule is CCOc1ccc(C(NC(=O)Cc2ccccc2F)C(C)C)cc1OCC. The van der Waals surface area contributed by atoms with E-state index in [-0.39, 0.29) is 30.1 Å². The Labute approximate surface area is 160 Å². The third-order valence-corrected chi connectivity index (χ3v) is 4.22. The van der Waals surface area contributed by atoms with Crippen LogP contribution in [0.25, 0.3) is 0 Å². The zero-order chi connectivity index (χ0) is 19.8. The maximum absolute atomic E-state index is 13.8. The molecule has 0 saturated heterocycles. The summed E-state index contributed by atoms with van der Waals surface area (Å²) in [6, 6.07) is 11.8. The van der Waals surface area contributed by atoms with E-state index in [4.69, 9.17) is 9.47 Å². The number of ether oxygens (including phenoxy) is 2. The van der Waals surface area contributed by atoms with Crippen LogP contribution in [0.1, 0.15) is 44.9 Å². The summed E-state index contributed by atoms with van der Waals surface area (Å²) in [7, 11) is 0. The first-order chi connectivity index (χ1) is 13.0. The molecule has 146 valence electrons. The van der Waals surface area contributed by atoms with E-state index < -0.39 is 0 Å². The second-order valence-corrected chi connectivity index (χ2v) is 6.63. The molecule has 2 rings (SSSR count). The molecular weight excluding hydrogens is 345 g/mol. The summed E-state index contributed by atoms with van der Waals surface area (Å²) in [5, 5.41) is 3.03. The molecule has 0 bridgehead atoms. The minimum absolute atomic E-state index is 0.00520. The highest BCUT2D eigenvalue weighted by Gasteiger charge is 2.21. The highest BCUT2D eigenvalue weighted by atomic mass is 19.1. The Bertz CT molecular complexity index is 761. The Morgan fingerprint density at radius 2 is 1.70 bits per heavy atom. The Balaban J connectivity index is 2.20. The fourth-order valence-electron chi connectivity index (χ4n) is 2.94. The maximum Gasteiger partial charge on any atom is 0.225 e. The van der Waals surface area contributed by atoms with Crippen molar-refractivity contribution in [3.8, 4) is 11.5 Å². The zero-order valence-electron chi connectivity index (χ0n) is 16.4. The van der Waals surface area contributed by atoms with Crippen molar-refractivity contribution in [1.82, 2.24) is 5.32 Å². The second-order valence-electron chi connectivity index (χ2n) is 6.63. The van der Waals surface area contributed by atoms with Crippen LogP contribution in [0.4, 0.5) is 4.39 Å². The minimum atomic E-state index is -0.367. The van der Waals surface area contributed by atoms with E-state index in [0.717, 1.165) is 5.56 Å². The van der Waals surface area contributed by atoms with Gasteiger partial charge in [0.2, 0.25) is 5.91 Å². The normalized spacial score (nSPS) is 11.9. The van der Waals surface area contributed by atoms with Gasteiger partial charge in [-0.05, 0) is 49.1 Å². The standard InChI is InChI=1S/C22H28FNO3/c1-5-26-19-12-11-17(13-20(19)27-6-2)22(15(3)4)24-21(25)14-16-9-7-8-10-18(16)23/h7-13,15,22H,5-6,14H2,1-4H3,(H,24,25). The second kappa shape index (κ2) is 9.95. The highest BCUT2D eigenvalue weighted by Crippen LogP contribution is 2.33. The maximum atomic E-state index is 13.8. The number of carbonyl (C=O) groups excluding carboxylic acids is 1. The van der Waals surface area contributed by atoms with Crippen molar-refractivity contribution < 1.29 is 18.7 Å². The molecule has 0 aromatic heterocycles. The Kier molecular flexibility index (Phi) is 7.65. The van der Waals surface area contributed by atoms with Crippen LogP contribution < -0.4 is 14.8 Å². The Morgan fingerprint density at radius 3 is 2.33 bits per heavy atom. The van der Waals surface area contributed by atoms with Gasteiger partial charge in [-0.1, -0.05) is 38.1 Å². The molecule has 0 fully saturated rings. The lowest BCUT2D eigenvalue weighted by atomic mass is 9.95. The molecule has 0 radical (unpaired) electrons. The van der Waals surface area contributed by atoms with Gasteiger partial charge >= 0.3 is 0 Å². The van der Waals surface area contributed by atoms with Crippen molar-refractivity contribution in [2.45, 2.75) is 40.2 Å². The van der Waals surface area contributed by atoms with E-state index in [2.05, 4.69) is 5.32 Å². The van der Waals surface area contributed by atoms with Gasteiger partial charge in [-0.2, -0.15) is 0 Å². The fourth-order valence-corrected chi connectivity index (χ4v) is 2.94. The van der Waals surface area contributed by atoms with Crippen molar-refractivity contribution in [1.29, 1.82) is 0 Å². The summed E-state index contributed by atoms with van der Waals surface area (Å²) in [5.41, 5.74) is 1.32. The number of amides is 1. The molecule has 2 aromatic carbocycles. The van der Waals surface area contributed by atoms with Crippen LogP contribution in [0.2, 0.25) is 0 Å². The Morgan fingerprint density at radius 1 is 1.04 bits per heavy atom. The van der Waals surface area contributed by atoms with E-state index in [1.807, 2.05) is 45.9 Å². The van der Waals surface area contributed by atoms with Crippen molar-refractivity contribution in [3.05, 3.63) is 59.4 Å². The third kappa shape index (κ3) is 5.71. The van der Waals surface area contributed by atoms with E-state index in [1.54, 1.807) is 18.2 Å². The molecular formula is C22H28FNO3. The van der Waals surface area contributed by atoms with E-state index in [1.165, 1.54) is 6.07 Å². The van der Waals surface area contributed by atoms with Crippen molar-refractivity contribution >= 4 is 5.91 Å². The van der Waals surface area contributed by atoms with Gasteiger partial charge < -0.3 is 14.8 Å². The monoisotopic (exact) mass is 373 g/mol. The molecule has 1 N–H and O–H groups in total. The predicted molar refractivity (Wildman–Crippen MR) is 105 cm³/mol. The van der Waals surface area contributed by atoms with Gasteiger partial charge in [-0.15, -0.1) is 0 Å². The predicted octanol–water partition coefficient (Wildman–Crippen LogP) is 4.68. The number of hydrogen-bond donors (Lipinski definition) is 1. The number of nitrogens with one attached hydrogen (secondary N) is 1. The van der Waals surface area contributed by atoms with Gasteiger partial charge in [0, 0.05) is 0 Å². The quantitative estimate of drug-likeness (QED) is 0.694. The van der Waals surface area contributed by atoms with E-state index in [9.17, 15) is 9.18 Å². The molecule has 0 heterocycles. The largest absolute Gasteiger partial charge is 0.490 e. The van der Waals surface area contributed by atoms with Crippen molar-refractivity contribution in [2.75, 3.05) is 13.2 Å². The third-order valence-electron chi connectivity index (χ3n) is 4.22. The van der Waals surface area contributed by atoms with Crippen LogP contribution in [0.5, 0.6) is 11.5 Å². The lowest BCUT2D eigenvalue weighted by Gasteiger charge is -2.24. The summed E-state index contributed by atoms with van der Waals surface area (Å²) in [4.78, 5) is 12.5. The molecule has 1 amide bonds. The van der Waals surface area contributed by atoms with Crippen molar-refractivity contribution in [3.63, 3.8) is 0 Å². The van der Waals surface area contributed by atoms with E-state index >= 15 is 0 Å². The molecule has 0 aliphatic carbocycles. The van der Waals surface area contributed by atoms with Crippen molar-refractivity contribution in [2.24, 2.45) is 5.92 Å². The molecule has 2 aromatic rings. The molecule has 1 atom stereocenters. The van der Waals surface area contributed by atoms with Gasteiger partial charge in [-0.25, -0.2) is 4.39 Å². The topological polar surface area (TPSA) is 47.6 Å². The average Bonchev–Trinajstić information content (AvgIpc) is 2.63. The molecule has 1 unspecified atom stereocenters. The minimum Gasteiger partial charge on any atom is -0.490 e. The van der Waals surface area contributed by atoms with Gasteiger partial charge in [0.25, 0.3) is 0 Å². The molecule has 27 heavy (non-hydrogen) atoms. The number of carbonyl (C=O) groups is 1. The molecule has 0 spiro atoms. The molecule has 0 saturated carbocycles. The number of benzene rings is 2. The van der Waals surface area contributed by atoms with Gasteiger partial charge in [-0.3, -0.25) is 4.79 Å².